The van der Waals surface area contributed by atoms with E-state index < -0.39 is 16.1 Å². The van der Waals surface area contributed by atoms with Gasteiger partial charge in [-0.25, -0.2) is 13.1 Å². The smallest absolute Gasteiger partial charge is 0.241 e. The first kappa shape index (κ1) is 14.5. The molecular weight excluding hydrogens is 262 g/mol. The molecule has 1 aromatic rings. The number of nitrogens with one attached hydrogen (secondary N) is 1. The van der Waals surface area contributed by atoms with E-state index in [9.17, 15) is 13.5 Å². The van der Waals surface area contributed by atoms with Crippen molar-refractivity contribution in [2.45, 2.75) is 56.6 Å². The largest absolute Gasteiger partial charge is 0.391 e. The second kappa shape index (κ2) is 5.61. The van der Waals surface area contributed by atoms with Crippen LogP contribution in [0.5, 0.6) is 0 Å². The maximum atomic E-state index is 12.4. The van der Waals surface area contributed by atoms with Crippen molar-refractivity contribution in [1.82, 2.24) is 4.72 Å². The second-order valence-electron chi connectivity index (χ2n) is 5.35. The van der Waals surface area contributed by atoms with E-state index in [1.54, 1.807) is 19.1 Å². The molecule has 4 nitrogen and oxygen atoms in total. The van der Waals surface area contributed by atoms with E-state index in [4.69, 9.17) is 0 Å². The van der Waals surface area contributed by atoms with Gasteiger partial charge in [0.2, 0.25) is 10.0 Å². The average Bonchev–Trinajstić information content (AvgIpc) is 2.31. The minimum absolute atomic E-state index is 0.302. The van der Waals surface area contributed by atoms with Gasteiger partial charge in [0.25, 0.3) is 0 Å². The average molecular weight is 283 g/mol. The number of sulfonamides is 1. The molecule has 0 bridgehead atoms. The molecule has 0 aromatic heterocycles. The van der Waals surface area contributed by atoms with Gasteiger partial charge in [-0.3, -0.25) is 0 Å². The zero-order chi connectivity index (χ0) is 14.0. The Morgan fingerprint density at radius 3 is 2.53 bits per heavy atom. The van der Waals surface area contributed by atoms with E-state index in [0.717, 1.165) is 24.0 Å². The van der Waals surface area contributed by atoms with Gasteiger partial charge in [0.1, 0.15) is 0 Å². The molecule has 0 amide bonds. The number of hydrogen-bond donors (Lipinski definition) is 2. The molecule has 0 aliphatic heterocycles. The number of hydrogen-bond acceptors (Lipinski definition) is 3. The zero-order valence-electron chi connectivity index (χ0n) is 11.4. The van der Waals surface area contributed by atoms with E-state index >= 15 is 0 Å². The standard InChI is InChI=1S/C14H21NO3S/c1-10-7-8-14(11(2)9-10)19(17,18)15-12-5-3-4-6-13(12)16/h7-9,12-13,15-16H,3-6H2,1-2H3/t12-,13-/m1/s1. The van der Waals surface area contributed by atoms with E-state index in [0.29, 0.717) is 17.7 Å². The highest BCUT2D eigenvalue weighted by Crippen LogP contribution is 2.22. The number of aliphatic hydroxyl groups excluding tert-OH is 1. The van der Waals surface area contributed by atoms with Crippen LogP contribution in [-0.2, 0) is 10.0 Å². The van der Waals surface area contributed by atoms with Crippen molar-refractivity contribution in [2.24, 2.45) is 0 Å². The van der Waals surface area contributed by atoms with Crippen molar-refractivity contribution in [3.63, 3.8) is 0 Å². The third-order valence-electron chi connectivity index (χ3n) is 3.66. The van der Waals surface area contributed by atoms with Crippen LogP contribution >= 0.6 is 0 Å². The molecule has 0 spiro atoms. The van der Waals surface area contributed by atoms with Gasteiger partial charge in [0.05, 0.1) is 11.0 Å². The van der Waals surface area contributed by atoms with Crippen molar-refractivity contribution in [3.8, 4) is 0 Å². The first-order valence-corrected chi connectivity index (χ1v) is 8.16. The van der Waals surface area contributed by atoms with Crippen LogP contribution in [0.3, 0.4) is 0 Å². The Hall–Kier alpha value is -0.910. The molecule has 1 aliphatic carbocycles. The molecular formula is C14H21NO3S. The molecule has 1 saturated carbocycles. The van der Waals surface area contributed by atoms with Crippen molar-refractivity contribution in [2.75, 3.05) is 0 Å². The lowest BCUT2D eigenvalue weighted by Gasteiger charge is -2.28. The minimum Gasteiger partial charge on any atom is -0.391 e. The summed E-state index contributed by atoms with van der Waals surface area (Å²) in [6.45, 7) is 3.72. The summed E-state index contributed by atoms with van der Waals surface area (Å²) in [4.78, 5) is 0.302. The fourth-order valence-corrected chi connectivity index (χ4v) is 4.14. The lowest BCUT2D eigenvalue weighted by molar-refractivity contribution is 0.101. The fourth-order valence-electron chi connectivity index (χ4n) is 2.61. The maximum absolute atomic E-state index is 12.4. The first-order valence-electron chi connectivity index (χ1n) is 6.68. The summed E-state index contributed by atoms with van der Waals surface area (Å²) in [6, 6.07) is 4.91. The van der Waals surface area contributed by atoms with Gasteiger partial charge in [-0.05, 0) is 38.3 Å². The zero-order valence-corrected chi connectivity index (χ0v) is 12.2. The molecule has 0 unspecified atom stereocenters. The van der Waals surface area contributed by atoms with Crippen LogP contribution in [0.25, 0.3) is 0 Å². The summed E-state index contributed by atoms with van der Waals surface area (Å²) in [7, 11) is -3.55. The molecule has 0 heterocycles. The summed E-state index contributed by atoms with van der Waals surface area (Å²) < 4.78 is 27.4. The topological polar surface area (TPSA) is 66.4 Å². The van der Waals surface area contributed by atoms with E-state index in [1.165, 1.54) is 0 Å². The monoisotopic (exact) mass is 283 g/mol. The number of rotatable bonds is 3. The van der Waals surface area contributed by atoms with Crippen LogP contribution in [0.15, 0.2) is 23.1 Å². The van der Waals surface area contributed by atoms with Gasteiger partial charge in [-0.2, -0.15) is 0 Å². The molecule has 2 rings (SSSR count). The number of aliphatic hydroxyl groups is 1. The normalized spacial score (nSPS) is 24.4. The lowest BCUT2D eigenvalue weighted by Crippen LogP contribution is -2.45. The van der Waals surface area contributed by atoms with Crippen LogP contribution in [0, 0.1) is 13.8 Å². The summed E-state index contributed by atoms with van der Waals surface area (Å²) in [5.74, 6) is 0. The second-order valence-corrected chi connectivity index (χ2v) is 7.03. The molecule has 5 heteroatoms. The lowest BCUT2D eigenvalue weighted by atomic mass is 9.93. The molecule has 1 aliphatic rings. The first-order chi connectivity index (χ1) is 8.90. The molecule has 0 radical (unpaired) electrons. The third-order valence-corrected chi connectivity index (χ3v) is 5.31. The minimum atomic E-state index is -3.55. The van der Waals surface area contributed by atoms with E-state index in [-0.39, 0.29) is 6.04 Å². The summed E-state index contributed by atoms with van der Waals surface area (Å²) in [6.07, 6.45) is 2.71. The van der Waals surface area contributed by atoms with E-state index in [1.807, 2.05) is 13.0 Å². The maximum Gasteiger partial charge on any atom is 0.241 e. The van der Waals surface area contributed by atoms with Crippen LogP contribution in [0.1, 0.15) is 36.8 Å². The highest BCUT2D eigenvalue weighted by atomic mass is 32.2. The quantitative estimate of drug-likeness (QED) is 0.890. The van der Waals surface area contributed by atoms with Gasteiger partial charge in [-0.1, -0.05) is 30.5 Å². The van der Waals surface area contributed by atoms with Gasteiger partial charge in [-0.15, -0.1) is 0 Å². The highest BCUT2D eigenvalue weighted by Gasteiger charge is 2.28. The molecule has 1 fully saturated rings. The Labute approximate surface area is 114 Å². The summed E-state index contributed by atoms with van der Waals surface area (Å²) >= 11 is 0. The van der Waals surface area contributed by atoms with E-state index in [2.05, 4.69) is 4.72 Å². The van der Waals surface area contributed by atoms with Gasteiger partial charge in [0, 0.05) is 6.04 Å². The van der Waals surface area contributed by atoms with Gasteiger partial charge >= 0.3 is 0 Å². The van der Waals surface area contributed by atoms with Crippen molar-refractivity contribution < 1.29 is 13.5 Å². The number of benzene rings is 1. The summed E-state index contributed by atoms with van der Waals surface area (Å²) in [5.41, 5.74) is 1.77. The van der Waals surface area contributed by atoms with Gasteiger partial charge < -0.3 is 5.11 Å². The molecule has 0 saturated heterocycles. The predicted molar refractivity (Wildman–Crippen MR) is 74.5 cm³/mol. The van der Waals surface area contributed by atoms with Crippen molar-refractivity contribution in [1.29, 1.82) is 0 Å². The Bertz CT molecular complexity index is 554. The number of aryl methyl sites for hydroxylation is 2. The predicted octanol–water partition coefficient (Wildman–Crippen LogP) is 1.89. The molecule has 2 N–H and O–H groups in total. The Balaban J connectivity index is 2.22. The Morgan fingerprint density at radius 1 is 1.21 bits per heavy atom. The molecule has 19 heavy (non-hydrogen) atoms. The third kappa shape index (κ3) is 3.35. The van der Waals surface area contributed by atoms with Crippen LogP contribution < -0.4 is 4.72 Å². The van der Waals surface area contributed by atoms with Crippen LogP contribution in [0.2, 0.25) is 0 Å². The highest BCUT2D eigenvalue weighted by molar-refractivity contribution is 7.89. The fraction of sp³-hybridized carbons (Fsp3) is 0.571. The molecule has 2 atom stereocenters. The van der Waals surface area contributed by atoms with Gasteiger partial charge in [0.15, 0.2) is 0 Å². The molecule has 106 valence electrons. The van der Waals surface area contributed by atoms with Crippen molar-refractivity contribution >= 4 is 10.0 Å². The van der Waals surface area contributed by atoms with Crippen LogP contribution in [0.4, 0.5) is 0 Å². The SMILES string of the molecule is Cc1ccc(S(=O)(=O)N[C@@H]2CCCC[C@H]2O)c(C)c1. The van der Waals surface area contributed by atoms with Crippen molar-refractivity contribution in [3.05, 3.63) is 29.3 Å². The molecule has 1 aromatic carbocycles. The Morgan fingerprint density at radius 2 is 1.89 bits per heavy atom. The summed E-state index contributed by atoms with van der Waals surface area (Å²) in [5, 5.41) is 9.87. The Kier molecular flexibility index (Phi) is 4.28. The van der Waals surface area contributed by atoms with Crippen LogP contribution in [-0.4, -0.2) is 25.7 Å².